The second-order valence-electron chi connectivity index (χ2n) is 6.38. The highest BCUT2D eigenvalue weighted by molar-refractivity contribution is 5.59. The Kier molecular flexibility index (Phi) is 5.64. The molecule has 100 valence electrons. The maximum absolute atomic E-state index is 11.2. The Morgan fingerprint density at radius 2 is 1.94 bits per heavy atom. The van der Waals surface area contributed by atoms with Crippen LogP contribution in [0.4, 0.5) is 0 Å². The third-order valence-corrected chi connectivity index (χ3v) is 4.27. The van der Waals surface area contributed by atoms with Crippen LogP contribution in [0.5, 0.6) is 0 Å². The van der Waals surface area contributed by atoms with Gasteiger partial charge in [-0.3, -0.25) is 0 Å². The molecule has 17 heavy (non-hydrogen) atoms. The molecule has 0 N–H and O–H groups in total. The first-order valence-electron chi connectivity index (χ1n) is 7.19. The van der Waals surface area contributed by atoms with Crippen molar-refractivity contribution in [2.24, 2.45) is 17.3 Å². The molecule has 1 aliphatic heterocycles. The maximum Gasteiger partial charge on any atom is 0.127 e. The van der Waals surface area contributed by atoms with Gasteiger partial charge in [0.2, 0.25) is 0 Å². The van der Waals surface area contributed by atoms with Gasteiger partial charge >= 0.3 is 0 Å². The number of carbonyl (C=O) groups excluding carboxylic acids is 1. The summed E-state index contributed by atoms with van der Waals surface area (Å²) in [6, 6.07) is 0. The van der Waals surface area contributed by atoms with Crippen molar-refractivity contribution in [3.8, 4) is 0 Å². The average Bonchev–Trinajstić information content (AvgIpc) is 2.30. The van der Waals surface area contributed by atoms with Gasteiger partial charge in [-0.05, 0) is 44.2 Å². The molecule has 0 aromatic rings. The fourth-order valence-electron chi connectivity index (χ4n) is 3.03. The SMILES string of the molecule is CCCC(C)(C=O)CN1CCC(C(C)C)CC1. The molecule has 0 bridgehead atoms. The van der Waals surface area contributed by atoms with Crippen molar-refractivity contribution >= 4 is 6.29 Å². The van der Waals surface area contributed by atoms with E-state index in [1.165, 1.54) is 32.2 Å². The molecule has 0 radical (unpaired) electrons. The van der Waals surface area contributed by atoms with E-state index in [4.69, 9.17) is 0 Å². The number of hydrogen-bond acceptors (Lipinski definition) is 2. The number of carbonyl (C=O) groups is 1. The van der Waals surface area contributed by atoms with Crippen LogP contribution in [-0.2, 0) is 4.79 Å². The normalized spacial score (nSPS) is 22.6. The van der Waals surface area contributed by atoms with Crippen molar-refractivity contribution < 1.29 is 4.79 Å². The highest BCUT2D eigenvalue weighted by Gasteiger charge is 2.28. The summed E-state index contributed by atoms with van der Waals surface area (Å²) in [6.07, 6.45) is 5.89. The van der Waals surface area contributed by atoms with E-state index in [1.807, 2.05) is 0 Å². The molecule has 1 unspecified atom stereocenters. The van der Waals surface area contributed by atoms with Crippen LogP contribution < -0.4 is 0 Å². The summed E-state index contributed by atoms with van der Waals surface area (Å²) in [6.45, 7) is 12.2. The van der Waals surface area contributed by atoms with Crippen LogP contribution in [0.3, 0.4) is 0 Å². The summed E-state index contributed by atoms with van der Waals surface area (Å²) in [5.74, 6) is 1.70. The van der Waals surface area contributed by atoms with E-state index < -0.39 is 0 Å². The summed E-state index contributed by atoms with van der Waals surface area (Å²) in [5, 5.41) is 0. The minimum Gasteiger partial charge on any atom is -0.303 e. The first kappa shape index (κ1) is 14.7. The van der Waals surface area contributed by atoms with Crippen LogP contribution >= 0.6 is 0 Å². The molecule has 1 aliphatic rings. The van der Waals surface area contributed by atoms with Gasteiger partial charge in [-0.2, -0.15) is 0 Å². The Hall–Kier alpha value is -0.370. The van der Waals surface area contributed by atoms with Gasteiger partial charge in [0, 0.05) is 12.0 Å². The molecule has 1 saturated heterocycles. The minimum atomic E-state index is -0.126. The third-order valence-electron chi connectivity index (χ3n) is 4.27. The monoisotopic (exact) mass is 239 g/mol. The van der Waals surface area contributed by atoms with Gasteiger partial charge in [-0.1, -0.05) is 34.1 Å². The molecule has 1 rings (SSSR count). The molecule has 0 aromatic carbocycles. The quantitative estimate of drug-likeness (QED) is 0.662. The van der Waals surface area contributed by atoms with Crippen LogP contribution in [0.15, 0.2) is 0 Å². The Bertz CT molecular complexity index is 231. The van der Waals surface area contributed by atoms with Crippen LogP contribution in [0.25, 0.3) is 0 Å². The summed E-state index contributed by atoms with van der Waals surface area (Å²) in [7, 11) is 0. The summed E-state index contributed by atoms with van der Waals surface area (Å²) < 4.78 is 0. The van der Waals surface area contributed by atoms with Crippen molar-refractivity contribution in [3.63, 3.8) is 0 Å². The second kappa shape index (κ2) is 6.53. The van der Waals surface area contributed by atoms with E-state index >= 15 is 0 Å². The Morgan fingerprint density at radius 3 is 2.35 bits per heavy atom. The number of aldehydes is 1. The van der Waals surface area contributed by atoms with E-state index in [1.54, 1.807) is 0 Å². The highest BCUT2D eigenvalue weighted by atomic mass is 16.1. The molecule has 1 heterocycles. The van der Waals surface area contributed by atoms with Gasteiger partial charge in [0.15, 0.2) is 0 Å². The molecule has 1 fully saturated rings. The maximum atomic E-state index is 11.2. The van der Waals surface area contributed by atoms with Crippen molar-refractivity contribution in [3.05, 3.63) is 0 Å². The first-order valence-corrected chi connectivity index (χ1v) is 7.19. The topological polar surface area (TPSA) is 20.3 Å². The predicted octanol–water partition coefficient (Wildman–Crippen LogP) is 3.36. The lowest BCUT2D eigenvalue weighted by Gasteiger charge is -2.37. The molecule has 2 heteroatoms. The van der Waals surface area contributed by atoms with Crippen LogP contribution in [0.1, 0.15) is 53.4 Å². The van der Waals surface area contributed by atoms with Crippen LogP contribution in [0, 0.1) is 17.3 Å². The lowest BCUT2D eigenvalue weighted by molar-refractivity contribution is -0.117. The summed E-state index contributed by atoms with van der Waals surface area (Å²) >= 11 is 0. The van der Waals surface area contributed by atoms with Gasteiger partial charge < -0.3 is 9.69 Å². The zero-order chi connectivity index (χ0) is 12.9. The first-order chi connectivity index (χ1) is 8.00. The van der Waals surface area contributed by atoms with E-state index in [2.05, 4.69) is 32.6 Å². The molecule has 0 saturated carbocycles. The van der Waals surface area contributed by atoms with Crippen molar-refractivity contribution in [2.45, 2.75) is 53.4 Å². The zero-order valence-electron chi connectivity index (χ0n) is 12.0. The average molecular weight is 239 g/mol. The van der Waals surface area contributed by atoms with E-state index in [-0.39, 0.29) is 5.41 Å². The number of hydrogen-bond donors (Lipinski definition) is 0. The Labute approximate surface area is 107 Å². The molecule has 0 aromatic heterocycles. The van der Waals surface area contributed by atoms with E-state index in [0.717, 1.165) is 31.2 Å². The Balaban J connectivity index is 2.41. The minimum absolute atomic E-state index is 0.126. The van der Waals surface area contributed by atoms with Crippen LogP contribution in [0.2, 0.25) is 0 Å². The molecular weight excluding hydrogens is 210 g/mol. The van der Waals surface area contributed by atoms with Crippen molar-refractivity contribution in [2.75, 3.05) is 19.6 Å². The van der Waals surface area contributed by atoms with Gasteiger partial charge in [-0.25, -0.2) is 0 Å². The molecule has 2 nitrogen and oxygen atoms in total. The zero-order valence-corrected chi connectivity index (χ0v) is 12.0. The summed E-state index contributed by atoms with van der Waals surface area (Å²) in [4.78, 5) is 13.7. The third kappa shape index (κ3) is 4.42. The number of nitrogens with zero attached hydrogens (tertiary/aromatic N) is 1. The van der Waals surface area contributed by atoms with Gasteiger partial charge in [0.1, 0.15) is 6.29 Å². The van der Waals surface area contributed by atoms with E-state index in [0.29, 0.717) is 0 Å². The largest absolute Gasteiger partial charge is 0.303 e. The molecule has 1 atom stereocenters. The molecule has 0 aliphatic carbocycles. The fourth-order valence-corrected chi connectivity index (χ4v) is 3.03. The fraction of sp³-hybridized carbons (Fsp3) is 0.933. The smallest absolute Gasteiger partial charge is 0.127 e. The lowest BCUT2D eigenvalue weighted by atomic mass is 9.83. The summed E-state index contributed by atoms with van der Waals surface area (Å²) in [5.41, 5.74) is -0.126. The van der Waals surface area contributed by atoms with Gasteiger partial charge in [0.25, 0.3) is 0 Å². The molecule has 0 amide bonds. The van der Waals surface area contributed by atoms with Crippen molar-refractivity contribution in [1.82, 2.24) is 4.90 Å². The molecule has 0 spiro atoms. The standard InChI is InChI=1S/C15H29NO/c1-5-8-15(4,12-17)11-16-9-6-14(7-10-16)13(2)3/h12-14H,5-11H2,1-4H3. The van der Waals surface area contributed by atoms with Crippen LogP contribution in [-0.4, -0.2) is 30.8 Å². The molecular formula is C15H29NO. The predicted molar refractivity (Wildman–Crippen MR) is 73.1 cm³/mol. The van der Waals surface area contributed by atoms with E-state index in [9.17, 15) is 4.79 Å². The van der Waals surface area contributed by atoms with Crippen molar-refractivity contribution in [1.29, 1.82) is 0 Å². The Morgan fingerprint density at radius 1 is 1.35 bits per heavy atom. The number of rotatable bonds is 6. The second-order valence-corrected chi connectivity index (χ2v) is 6.38. The highest BCUT2D eigenvalue weighted by Crippen LogP contribution is 2.28. The van der Waals surface area contributed by atoms with Gasteiger partial charge in [-0.15, -0.1) is 0 Å². The lowest BCUT2D eigenvalue weighted by Crippen LogP contribution is -2.42. The van der Waals surface area contributed by atoms with Gasteiger partial charge in [0.05, 0.1) is 0 Å². The number of piperidine rings is 1. The number of likely N-dealkylation sites (tertiary alicyclic amines) is 1.